The molecule has 0 unspecified atom stereocenters. The highest BCUT2D eigenvalue weighted by Crippen LogP contribution is 2.33. The van der Waals surface area contributed by atoms with Crippen molar-refractivity contribution in [1.29, 1.82) is 0 Å². The van der Waals surface area contributed by atoms with E-state index in [1.165, 1.54) is 12.1 Å². The van der Waals surface area contributed by atoms with Crippen molar-refractivity contribution < 1.29 is 18.0 Å². The van der Waals surface area contributed by atoms with Gasteiger partial charge in [0.05, 0.1) is 16.7 Å². The van der Waals surface area contributed by atoms with Gasteiger partial charge >= 0.3 is 0 Å². The Morgan fingerprint density at radius 2 is 1.84 bits per heavy atom. The molecule has 0 atom stereocenters. The third kappa shape index (κ3) is 3.63. The number of benzene rings is 2. The van der Waals surface area contributed by atoms with E-state index in [-0.39, 0.29) is 6.04 Å². The molecule has 0 aliphatic carbocycles. The van der Waals surface area contributed by atoms with Gasteiger partial charge in [-0.3, -0.25) is 0 Å². The maximum atomic E-state index is 13.8. The molecule has 0 saturated carbocycles. The number of rotatable bonds is 4. The smallest absolute Gasteiger partial charge is 0.159 e. The van der Waals surface area contributed by atoms with Crippen molar-refractivity contribution in [2.24, 2.45) is 0 Å². The lowest BCUT2D eigenvalue weighted by molar-refractivity contribution is 0.0699. The maximum absolute atomic E-state index is 13.8. The molecule has 2 aromatic heterocycles. The van der Waals surface area contributed by atoms with Crippen molar-refractivity contribution >= 4 is 11.0 Å². The first-order valence-corrected chi connectivity index (χ1v) is 10.5. The summed E-state index contributed by atoms with van der Waals surface area (Å²) in [5, 5.41) is 4.06. The SMILES string of the molecule is Cc1noc(C)c1-c1ccc2c(c1)nc(Cc1ccc(F)c(F)c1)n2C1CCOCC1. The van der Waals surface area contributed by atoms with E-state index in [1.807, 2.05) is 19.9 Å². The molecule has 3 heterocycles. The fraction of sp³-hybridized carbons (Fsp3) is 0.333. The Labute approximate surface area is 178 Å². The number of aromatic nitrogens is 3. The third-order valence-electron chi connectivity index (χ3n) is 5.99. The molecule has 5 rings (SSSR count). The topological polar surface area (TPSA) is 53.1 Å². The Balaban J connectivity index is 1.62. The Morgan fingerprint density at radius 3 is 2.55 bits per heavy atom. The number of ether oxygens (including phenoxy) is 1. The number of nitrogens with zero attached hydrogens (tertiary/aromatic N) is 3. The average molecular weight is 423 g/mol. The molecule has 1 aliphatic rings. The van der Waals surface area contributed by atoms with Crippen molar-refractivity contribution in [3.63, 3.8) is 0 Å². The van der Waals surface area contributed by atoms with Crippen LogP contribution in [0.3, 0.4) is 0 Å². The van der Waals surface area contributed by atoms with Crippen molar-refractivity contribution in [3.8, 4) is 11.1 Å². The molecular formula is C24H23F2N3O2. The highest BCUT2D eigenvalue weighted by molar-refractivity contribution is 5.83. The Hall–Kier alpha value is -3.06. The predicted molar refractivity (Wildman–Crippen MR) is 113 cm³/mol. The summed E-state index contributed by atoms with van der Waals surface area (Å²) in [6.45, 7) is 5.22. The summed E-state index contributed by atoms with van der Waals surface area (Å²) in [5.74, 6) is -0.0794. The molecule has 0 N–H and O–H groups in total. The highest BCUT2D eigenvalue weighted by atomic mass is 19.2. The first-order valence-electron chi connectivity index (χ1n) is 10.5. The molecule has 1 fully saturated rings. The van der Waals surface area contributed by atoms with Crippen LogP contribution in [0.15, 0.2) is 40.9 Å². The summed E-state index contributed by atoms with van der Waals surface area (Å²) >= 11 is 0. The average Bonchev–Trinajstić information content (AvgIpc) is 3.29. The number of imidazole rings is 1. The van der Waals surface area contributed by atoms with Gasteiger partial charge in [0.1, 0.15) is 11.6 Å². The molecule has 5 nitrogen and oxygen atoms in total. The minimum atomic E-state index is -0.842. The minimum Gasteiger partial charge on any atom is -0.381 e. The van der Waals surface area contributed by atoms with E-state index < -0.39 is 11.6 Å². The molecule has 160 valence electrons. The van der Waals surface area contributed by atoms with E-state index in [4.69, 9.17) is 14.2 Å². The van der Waals surface area contributed by atoms with Crippen LogP contribution in [0.1, 0.15) is 41.7 Å². The molecule has 0 spiro atoms. The van der Waals surface area contributed by atoms with Gasteiger partial charge in [0.15, 0.2) is 11.6 Å². The molecule has 31 heavy (non-hydrogen) atoms. The largest absolute Gasteiger partial charge is 0.381 e. The van der Waals surface area contributed by atoms with Gasteiger partial charge in [-0.15, -0.1) is 0 Å². The Morgan fingerprint density at radius 1 is 1.03 bits per heavy atom. The van der Waals surface area contributed by atoms with Crippen LogP contribution in [0.4, 0.5) is 8.78 Å². The lowest BCUT2D eigenvalue weighted by Crippen LogP contribution is -2.21. The molecule has 0 bridgehead atoms. The van der Waals surface area contributed by atoms with Gasteiger partial charge in [-0.25, -0.2) is 13.8 Å². The standard InChI is InChI=1S/C24H23F2N3O2/c1-14-24(15(2)31-28-14)17-4-6-22-21(13-17)27-23(29(22)18-7-9-30-10-8-18)12-16-3-5-19(25)20(26)11-16/h3-6,11,13,18H,7-10,12H2,1-2H3. The van der Waals surface area contributed by atoms with Crippen molar-refractivity contribution in [2.75, 3.05) is 13.2 Å². The molecule has 1 aliphatic heterocycles. The van der Waals surface area contributed by atoms with E-state index in [0.29, 0.717) is 25.2 Å². The van der Waals surface area contributed by atoms with Gasteiger partial charge in [0.2, 0.25) is 0 Å². The van der Waals surface area contributed by atoms with Crippen LogP contribution in [0, 0.1) is 25.5 Å². The lowest BCUT2D eigenvalue weighted by atomic mass is 10.0. The summed E-state index contributed by atoms with van der Waals surface area (Å²) in [6, 6.07) is 10.5. The third-order valence-corrected chi connectivity index (χ3v) is 5.99. The first kappa shape index (κ1) is 19.9. The predicted octanol–water partition coefficient (Wildman–Crippen LogP) is 5.53. The van der Waals surface area contributed by atoms with E-state index in [2.05, 4.69) is 21.9 Å². The molecule has 2 aromatic carbocycles. The zero-order chi connectivity index (χ0) is 21.5. The van der Waals surface area contributed by atoms with Gasteiger partial charge in [-0.1, -0.05) is 17.3 Å². The van der Waals surface area contributed by atoms with Crippen LogP contribution >= 0.6 is 0 Å². The van der Waals surface area contributed by atoms with E-state index in [0.717, 1.165) is 52.3 Å². The fourth-order valence-electron chi connectivity index (χ4n) is 4.51. The van der Waals surface area contributed by atoms with Gasteiger partial charge < -0.3 is 13.8 Å². The van der Waals surface area contributed by atoms with Gasteiger partial charge in [-0.2, -0.15) is 0 Å². The van der Waals surface area contributed by atoms with E-state index in [1.54, 1.807) is 6.07 Å². The number of fused-ring (bicyclic) bond motifs is 1. The number of aryl methyl sites for hydroxylation is 2. The zero-order valence-electron chi connectivity index (χ0n) is 17.5. The molecule has 0 amide bonds. The summed E-state index contributed by atoms with van der Waals surface area (Å²) in [5.41, 5.74) is 5.39. The van der Waals surface area contributed by atoms with Crippen molar-refractivity contribution in [3.05, 3.63) is 70.9 Å². The minimum absolute atomic E-state index is 0.254. The summed E-state index contributed by atoms with van der Waals surface area (Å²) < 4.78 is 40.3. The first-order chi connectivity index (χ1) is 15.0. The Bertz CT molecular complexity index is 1240. The molecule has 4 aromatic rings. The maximum Gasteiger partial charge on any atom is 0.159 e. The summed E-state index contributed by atoms with van der Waals surface area (Å²) in [7, 11) is 0. The molecule has 7 heteroatoms. The molecular weight excluding hydrogens is 400 g/mol. The van der Waals surface area contributed by atoms with Crippen LogP contribution in [0.25, 0.3) is 22.2 Å². The summed E-state index contributed by atoms with van der Waals surface area (Å²) in [4.78, 5) is 4.92. The van der Waals surface area contributed by atoms with Crippen LogP contribution < -0.4 is 0 Å². The Kier molecular flexibility index (Phi) is 5.06. The van der Waals surface area contributed by atoms with Gasteiger partial charge in [-0.05, 0) is 62.1 Å². The fourth-order valence-corrected chi connectivity index (χ4v) is 4.51. The van der Waals surface area contributed by atoms with Crippen LogP contribution in [-0.4, -0.2) is 27.9 Å². The van der Waals surface area contributed by atoms with E-state index in [9.17, 15) is 8.78 Å². The van der Waals surface area contributed by atoms with Crippen LogP contribution in [-0.2, 0) is 11.2 Å². The number of hydrogen-bond donors (Lipinski definition) is 0. The molecule has 1 saturated heterocycles. The second-order valence-electron chi connectivity index (χ2n) is 8.07. The van der Waals surface area contributed by atoms with Crippen LogP contribution in [0.2, 0.25) is 0 Å². The molecule has 0 radical (unpaired) electrons. The van der Waals surface area contributed by atoms with Crippen LogP contribution in [0.5, 0.6) is 0 Å². The lowest BCUT2D eigenvalue weighted by Gasteiger charge is -2.26. The second-order valence-corrected chi connectivity index (χ2v) is 8.07. The second kappa shape index (κ2) is 7.89. The zero-order valence-corrected chi connectivity index (χ0v) is 17.5. The highest BCUT2D eigenvalue weighted by Gasteiger charge is 2.23. The van der Waals surface area contributed by atoms with E-state index >= 15 is 0 Å². The van der Waals surface area contributed by atoms with Crippen molar-refractivity contribution in [2.45, 2.75) is 39.2 Å². The summed E-state index contributed by atoms with van der Waals surface area (Å²) in [6.07, 6.45) is 2.20. The van der Waals surface area contributed by atoms with Gasteiger partial charge in [0, 0.05) is 31.2 Å². The normalized spacial score (nSPS) is 15.1. The van der Waals surface area contributed by atoms with Gasteiger partial charge in [0.25, 0.3) is 0 Å². The number of halogens is 2. The quantitative estimate of drug-likeness (QED) is 0.433. The van der Waals surface area contributed by atoms with Crippen molar-refractivity contribution in [1.82, 2.24) is 14.7 Å². The number of hydrogen-bond acceptors (Lipinski definition) is 4. The monoisotopic (exact) mass is 423 g/mol.